The van der Waals surface area contributed by atoms with Gasteiger partial charge in [0.1, 0.15) is 0 Å². The fourth-order valence-corrected chi connectivity index (χ4v) is 3.92. The molecular weight excluding hydrogens is 282 g/mol. The van der Waals surface area contributed by atoms with Crippen LogP contribution < -0.4 is 5.73 Å². The highest BCUT2D eigenvalue weighted by atomic mass is 32.1. The summed E-state index contributed by atoms with van der Waals surface area (Å²) in [5.41, 5.74) is 7.36. The van der Waals surface area contributed by atoms with Crippen LogP contribution in [-0.4, -0.2) is 28.4 Å². The smallest absolute Gasteiger partial charge is 0.254 e. The molecule has 112 valence electrons. The van der Waals surface area contributed by atoms with E-state index in [1.807, 2.05) is 18.2 Å². The van der Waals surface area contributed by atoms with Crippen LogP contribution in [-0.2, 0) is 0 Å². The number of carbonyl (C=O) groups excluding carboxylic acids is 1. The Morgan fingerprint density at radius 1 is 1.48 bits per heavy atom. The topological polar surface area (TPSA) is 59.2 Å². The van der Waals surface area contributed by atoms with Crippen molar-refractivity contribution in [2.24, 2.45) is 0 Å². The Bertz CT molecular complexity index is 650. The third-order valence-corrected chi connectivity index (χ3v) is 5.01. The number of amides is 1. The number of benzene rings is 1. The van der Waals surface area contributed by atoms with Crippen molar-refractivity contribution in [2.45, 2.75) is 45.1 Å². The molecule has 2 N–H and O–H groups in total. The Morgan fingerprint density at radius 3 is 3.14 bits per heavy atom. The van der Waals surface area contributed by atoms with E-state index in [0.717, 1.165) is 48.0 Å². The number of aromatic nitrogens is 1. The summed E-state index contributed by atoms with van der Waals surface area (Å²) >= 11 is 1.44. The van der Waals surface area contributed by atoms with Crippen molar-refractivity contribution in [3.05, 3.63) is 23.8 Å². The van der Waals surface area contributed by atoms with Crippen LogP contribution in [0.25, 0.3) is 10.2 Å². The molecule has 1 atom stereocenters. The van der Waals surface area contributed by atoms with E-state index < -0.39 is 0 Å². The maximum atomic E-state index is 12.8. The van der Waals surface area contributed by atoms with Gasteiger partial charge in [-0.25, -0.2) is 4.98 Å². The van der Waals surface area contributed by atoms with Gasteiger partial charge in [-0.05, 0) is 43.9 Å². The monoisotopic (exact) mass is 303 g/mol. The first-order valence-electron chi connectivity index (χ1n) is 7.66. The molecule has 0 spiro atoms. The maximum absolute atomic E-state index is 12.8. The van der Waals surface area contributed by atoms with Gasteiger partial charge in [-0.15, -0.1) is 0 Å². The minimum Gasteiger partial charge on any atom is -0.375 e. The van der Waals surface area contributed by atoms with Gasteiger partial charge in [0.2, 0.25) is 0 Å². The zero-order chi connectivity index (χ0) is 14.8. The molecule has 1 saturated heterocycles. The summed E-state index contributed by atoms with van der Waals surface area (Å²) < 4.78 is 0.988. The standard InChI is InChI=1S/C16H21N3OS/c1-2-5-12-6-3-4-9-19(12)15(20)11-7-8-13-14(10-11)21-16(17)18-13/h7-8,10,12H,2-6,9H2,1H3,(H2,17,18). The van der Waals surface area contributed by atoms with E-state index in [0.29, 0.717) is 11.2 Å². The van der Waals surface area contributed by atoms with Gasteiger partial charge in [0, 0.05) is 18.2 Å². The predicted molar refractivity (Wildman–Crippen MR) is 87.6 cm³/mol. The molecule has 3 rings (SSSR count). The number of fused-ring (bicyclic) bond motifs is 1. The third-order valence-electron chi connectivity index (χ3n) is 4.16. The van der Waals surface area contributed by atoms with Crippen molar-refractivity contribution in [3.63, 3.8) is 0 Å². The lowest BCUT2D eigenvalue weighted by atomic mass is 9.97. The second-order valence-corrected chi connectivity index (χ2v) is 6.73. The average molecular weight is 303 g/mol. The first kappa shape index (κ1) is 14.3. The summed E-state index contributed by atoms with van der Waals surface area (Å²) in [5, 5.41) is 0.552. The van der Waals surface area contributed by atoms with E-state index in [4.69, 9.17) is 5.73 Å². The van der Waals surface area contributed by atoms with E-state index >= 15 is 0 Å². The molecule has 21 heavy (non-hydrogen) atoms. The number of nitrogens with two attached hydrogens (primary N) is 1. The Morgan fingerprint density at radius 2 is 2.33 bits per heavy atom. The number of nitrogen functional groups attached to an aromatic ring is 1. The van der Waals surface area contributed by atoms with Crippen molar-refractivity contribution in [2.75, 3.05) is 12.3 Å². The molecule has 4 nitrogen and oxygen atoms in total. The van der Waals surface area contributed by atoms with Gasteiger partial charge in [0.15, 0.2) is 5.13 Å². The molecule has 2 heterocycles. The number of likely N-dealkylation sites (tertiary alicyclic amines) is 1. The molecule has 2 aromatic rings. The summed E-state index contributed by atoms with van der Waals surface area (Å²) in [5.74, 6) is 0.155. The van der Waals surface area contributed by atoms with Crippen molar-refractivity contribution in [1.82, 2.24) is 9.88 Å². The highest BCUT2D eigenvalue weighted by Gasteiger charge is 2.26. The van der Waals surface area contributed by atoms with Gasteiger partial charge in [-0.3, -0.25) is 4.79 Å². The molecule has 1 aromatic carbocycles. The normalized spacial score (nSPS) is 19.1. The minimum absolute atomic E-state index is 0.155. The van der Waals surface area contributed by atoms with Gasteiger partial charge >= 0.3 is 0 Å². The van der Waals surface area contributed by atoms with Crippen LogP contribution in [0.1, 0.15) is 49.4 Å². The van der Waals surface area contributed by atoms with Gasteiger partial charge in [-0.1, -0.05) is 24.7 Å². The number of carbonyl (C=O) groups is 1. The van der Waals surface area contributed by atoms with Gasteiger partial charge < -0.3 is 10.6 Å². The third kappa shape index (κ3) is 2.88. The van der Waals surface area contributed by atoms with Crippen molar-refractivity contribution >= 4 is 32.6 Å². The summed E-state index contributed by atoms with van der Waals surface area (Å²) in [6.45, 7) is 3.07. The first-order valence-corrected chi connectivity index (χ1v) is 8.47. The van der Waals surface area contributed by atoms with Crippen LogP contribution in [0.2, 0.25) is 0 Å². The van der Waals surface area contributed by atoms with Crippen LogP contribution in [0.3, 0.4) is 0 Å². The number of anilines is 1. The van der Waals surface area contributed by atoms with Crippen LogP contribution >= 0.6 is 11.3 Å². The Balaban J connectivity index is 1.87. The van der Waals surface area contributed by atoms with Gasteiger partial charge in [0.25, 0.3) is 5.91 Å². The molecule has 1 unspecified atom stereocenters. The van der Waals surface area contributed by atoms with Crippen molar-refractivity contribution < 1.29 is 4.79 Å². The molecular formula is C16H21N3OS. The van der Waals surface area contributed by atoms with Crippen LogP contribution in [0.15, 0.2) is 18.2 Å². The average Bonchev–Trinajstić information content (AvgIpc) is 2.86. The summed E-state index contributed by atoms with van der Waals surface area (Å²) in [6, 6.07) is 6.11. The molecule has 1 aliphatic rings. The minimum atomic E-state index is 0.155. The molecule has 1 amide bonds. The number of thiazole rings is 1. The molecule has 1 fully saturated rings. The van der Waals surface area contributed by atoms with Gasteiger partial charge in [0.05, 0.1) is 10.2 Å². The lowest BCUT2D eigenvalue weighted by Gasteiger charge is -2.35. The Kier molecular flexibility index (Phi) is 4.10. The first-order chi connectivity index (χ1) is 10.2. The van der Waals surface area contributed by atoms with Crippen LogP contribution in [0.5, 0.6) is 0 Å². The largest absolute Gasteiger partial charge is 0.375 e. The summed E-state index contributed by atoms with van der Waals surface area (Å²) in [7, 11) is 0. The highest BCUT2D eigenvalue weighted by molar-refractivity contribution is 7.22. The predicted octanol–water partition coefficient (Wildman–Crippen LogP) is 3.67. The quantitative estimate of drug-likeness (QED) is 0.941. The number of rotatable bonds is 3. The summed E-state index contributed by atoms with van der Waals surface area (Å²) in [4.78, 5) is 19.1. The lowest BCUT2D eigenvalue weighted by molar-refractivity contribution is 0.0601. The molecule has 0 radical (unpaired) electrons. The van der Waals surface area contributed by atoms with E-state index in [2.05, 4.69) is 16.8 Å². The van der Waals surface area contributed by atoms with E-state index in [1.165, 1.54) is 17.8 Å². The van der Waals surface area contributed by atoms with Crippen molar-refractivity contribution in [3.8, 4) is 0 Å². The number of hydrogen-bond donors (Lipinski definition) is 1. The molecule has 1 aromatic heterocycles. The fourth-order valence-electron chi connectivity index (χ4n) is 3.14. The van der Waals surface area contributed by atoms with E-state index in [-0.39, 0.29) is 5.91 Å². The Labute approximate surface area is 129 Å². The number of piperidine rings is 1. The molecule has 5 heteroatoms. The number of nitrogens with zero attached hydrogens (tertiary/aromatic N) is 2. The lowest BCUT2D eigenvalue weighted by Crippen LogP contribution is -2.43. The van der Waals surface area contributed by atoms with Crippen molar-refractivity contribution in [1.29, 1.82) is 0 Å². The summed E-state index contributed by atoms with van der Waals surface area (Å²) in [6.07, 6.45) is 5.70. The molecule has 0 saturated carbocycles. The second kappa shape index (κ2) is 6.02. The van der Waals surface area contributed by atoms with Crippen LogP contribution in [0, 0.1) is 0 Å². The zero-order valence-corrected chi connectivity index (χ0v) is 13.2. The second-order valence-electron chi connectivity index (χ2n) is 5.67. The fraction of sp³-hybridized carbons (Fsp3) is 0.500. The Hall–Kier alpha value is -1.62. The SMILES string of the molecule is CCCC1CCCCN1C(=O)c1ccc2nc(N)sc2c1. The van der Waals surface area contributed by atoms with E-state index in [9.17, 15) is 4.79 Å². The maximum Gasteiger partial charge on any atom is 0.254 e. The van der Waals surface area contributed by atoms with Gasteiger partial charge in [-0.2, -0.15) is 0 Å². The molecule has 0 aliphatic carbocycles. The molecule has 0 bridgehead atoms. The van der Waals surface area contributed by atoms with Crippen LogP contribution in [0.4, 0.5) is 5.13 Å². The molecule has 1 aliphatic heterocycles. The number of hydrogen-bond acceptors (Lipinski definition) is 4. The highest BCUT2D eigenvalue weighted by Crippen LogP contribution is 2.27. The van der Waals surface area contributed by atoms with E-state index in [1.54, 1.807) is 0 Å². The zero-order valence-electron chi connectivity index (χ0n) is 12.3.